The molecule has 0 atom stereocenters. The number of benzene rings is 1. The van der Waals surface area contributed by atoms with Gasteiger partial charge in [-0.2, -0.15) is 0 Å². The number of hydrogen-bond acceptors (Lipinski definition) is 2. The molecule has 0 spiro atoms. The Morgan fingerprint density at radius 1 is 1.33 bits per heavy atom. The summed E-state index contributed by atoms with van der Waals surface area (Å²) < 4.78 is 0. The van der Waals surface area contributed by atoms with Gasteiger partial charge in [-0.3, -0.25) is 4.79 Å². The average molecular weight is 246 g/mol. The van der Waals surface area contributed by atoms with Crippen molar-refractivity contribution >= 4 is 17.3 Å². The van der Waals surface area contributed by atoms with Gasteiger partial charge in [0.2, 0.25) is 5.91 Å². The largest absolute Gasteiger partial charge is 0.399 e. The summed E-state index contributed by atoms with van der Waals surface area (Å²) in [5.74, 6) is 0.475. The SMILES string of the molecule is CCN(C(=O)C1CCCCC1)c1cccc(N)c1. The molecule has 1 fully saturated rings. The van der Waals surface area contributed by atoms with E-state index in [9.17, 15) is 4.79 Å². The third-order valence-electron chi connectivity index (χ3n) is 3.72. The van der Waals surface area contributed by atoms with Crippen molar-refractivity contribution in [3.8, 4) is 0 Å². The summed E-state index contributed by atoms with van der Waals surface area (Å²) in [6.07, 6.45) is 5.72. The van der Waals surface area contributed by atoms with Crippen LogP contribution < -0.4 is 10.6 Å². The number of carbonyl (C=O) groups is 1. The van der Waals surface area contributed by atoms with Gasteiger partial charge in [0.25, 0.3) is 0 Å². The second-order valence-corrected chi connectivity index (χ2v) is 5.01. The summed E-state index contributed by atoms with van der Waals surface area (Å²) in [6.45, 7) is 2.72. The van der Waals surface area contributed by atoms with Crippen molar-refractivity contribution in [2.24, 2.45) is 5.92 Å². The third kappa shape index (κ3) is 2.84. The summed E-state index contributed by atoms with van der Waals surface area (Å²) in [6, 6.07) is 7.59. The Bertz CT molecular complexity index is 411. The minimum absolute atomic E-state index is 0.208. The molecule has 0 aromatic heterocycles. The van der Waals surface area contributed by atoms with Crippen molar-refractivity contribution in [2.45, 2.75) is 39.0 Å². The van der Waals surface area contributed by atoms with Crippen LogP contribution in [-0.2, 0) is 4.79 Å². The fraction of sp³-hybridized carbons (Fsp3) is 0.533. The van der Waals surface area contributed by atoms with Crippen LogP contribution in [0, 0.1) is 5.92 Å². The van der Waals surface area contributed by atoms with Crippen LogP contribution in [0.3, 0.4) is 0 Å². The Labute approximate surface area is 109 Å². The zero-order valence-corrected chi connectivity index (χ0v) is 11.1. The van der Waals surface area contributed by atoms with Crippen LogP contribution in [0.2, 0.25) is 0 Å². The molecule has 0 aliphatic heterocycles. The molecule has 1 aliphatic rings. The van der Waals surface area contributed by atoms with E-state index in [1.165, 1.54) is 19.3 Å². The van der Waals surface area contributed by atoms with E-state index in [1.807, 2.05) is 36.1 Å². The van der Waals surface area contributed by atoms with Crippen molar-refractivity contribution in [3.63, 3.8) is 0 Å². The van der Waals surface area contributed by atoms with Gasteiger partial charge in [-0.05, 0) is 38.0 Å². The van der Waals surface area contributed by atoms with Crippen LogP contribution in [0.5, 0.6) is 0 Å². The Hall–Kier alpha value is -1.51. The first-order chi connectivity index (χ1) is 8.72. The zero-order chi connectivity index (χ0) is 13.0. The van der Waals surface area contributed by atoms with Gasteiger partial charge in [0.15, 0.2) is 0 Å². The number of amides is 1. The summed E-state index contributed by atoms with van der Waals surface area (Å²) in [5, 5.41) is 0. The van der Waals surface area contributed by atoms with Gasteiger partial charge in [0.05, 0.1) is 0 Å². The lowest BCUT2D eigenvalue weighted by Gasteiger charge is -2.28. The molecule has 0 bridgehead atoms. The lowest BCUT2D eigenvalue weighted by atomic mass is 9.88. The molecule has 1 aromatic carbocycles. The van der Waals surface area contributed by atoms with Crippen LogP contribution in [0.25, 0.3) is 0 Å². The monoisotopic (exact) mass is 246 g/mol. The first-order valence-electron chi connectivity index (χ1n) is 6.89. The van der Waals surface area contributed by atoms with E-state index in [0.717, 1.165) is 18.5 Å². The lowest BCUT2D eigenvalue weighted by Crippen LogP contribution is -2.37. The number of carbonyl (C=O) groups excluding carboxylic acids is 1. The molecule has 18 heavy (non-hydrogen) atoms. The first-order valence-corrected chi connectivity index (χ1v) is 6.89. The molecule has 1 amide bonds. The Morgan fingerprint density at radius 2 is 2.06 bits per heavy atom. The number of nitrogens with zero attached hydrogens (tertiary/aromatic N) is 1. The van der Waals surface area contributed by atoms with Crippen molar-refractivity contribution in [1.29, 1.82) is 0 Å². The number of nitrogen functional groups attached to an aromatic ring is 1. The highest BCUT2D eigenvalue weighted by molar-refractivity contribution is 5.95. The molecule has 2 N–H and O–H groups in total. The summed E-state index contributed by atoms with van der Waals surface area (Å²) >= 11 is 0. The minimum Gasteiger partial charge on any atom is -0.399 e. The second kappa shape index (κ2) is 5.89. The molecule has 3 nitrogen and oxygen atoms in total. The maximum absolute atomic E-state index is 12.5. The molecule has 1 aliphatic carbocycles. The van der Waals surface area contributed by atoms with E-state index in [1.54, 1.807) is 0 Å². The number of anilines is 2. The van der Waals surface area contributed by atoms with Crippen LogP contribution in [-0.4, -0.2) is 12.5 Å². The van der Waals surface area contributed by atoms with E-state index in [-0.39, 0.29) is 11.8 Å². The molecule has 3 heteroatoms. The van der Waals surface area contributed by atoms with E-state index in [2.05, 4.69) is 0 Å². The van der Waals surface area contributed by atoms with Gasteiger partial charge < -0.3 is 10.6 Å². The number of rotatable bonds is 3. The molecule has 0 heterocycles. The van der Waals surface area contributed by atoms with Crippen LogP contribution in [0.15, 0.2) is 24.3 Å². The standard InChI is InChI=1S/C15H22N2O/c1-2-17(14-10-6-9-13(16)11-14)15(18)12-7-4-3-5-8-12/h6,9-12H,2-5,7-8,16H2,1H3. The Morgan fingerprint density at radius 3 is 2.67 bits per heavy atom. The van der Waals surface area contributed by atoms with E-state index in [0.29, 0.717) is 12.2 Å². The predicted octanol–water partition coefficient (Wildman–Crippen LogP) is 3.20. The van der Waals surface area contributed by atoms with Crippen LogP contribution in [0.1, 0.15) is 39.0 Å². The Kier molecular flexibility index (Phi) is 4.24. The summed E-state index contributed by atoms with van der Waals surface area (Å²) in [4.78, 5) is 14.4. The highest BCUT2D eigenvalue weighted by atomic mass is 16.2. The molecule has 1 saturated carbocycles. The van der Waals surface area contributed by atoms with Crippen molar-refractivity contribution in [2.75, 3.05) is 17.2 Å². The first kappa shape index (κ1) is 12.9. The van der Waals surface area contributed by atoms with Crippen molar-refractivity contribution < 1.29 is 4.79 Å². The highest BCUT2D eigenvalue weighted by Crippen LogP contribution is 2.28. The van der Waals surface area contributed by atoms with E-state index in [4.69, 9.17) is 5.73 Å². The van der Waals surface area contributed by atoms with Crippen molar-refractivity contribution in [3.05, 3.63) is 24.3 Å². The van der Waals surface area contributed by atoms with Gasteiger partial charge in [0, 0.05) is 23.8 Å². The molecule has 98 valence electrons. The number of hydrogen-bond donors (Lipinski definition) is 1. The summed E-state index contributed by atoms with van der Waals surface area (Å²) in [5.41, 5.74) is 7.43. The third-order valence-corrected chi connectivity index (χ3v) is 3.72. The van der Waals surface area contributed by atoms with Gasteiger partial charge >= 0.3 is 0 Å². The lowest BCUT2D eigenvalue weighted by molar-refractivity contribution is -0.123. The second-order valence-electron chi connectivity index (χ2n) is 5.01. The number of nitrogens with two attached hydrogens (primary N) is 1. The van der Waals surface area contributed by atoms with Gasteiger partial charge in [-0.25, -0.2) is 0 Å². The molecule has 0 saturated heterocycles. The molecular formula is C15H22N2O. The smallest absolute Gasteiger partial charge is 0.230 e. The highest BCUT2D eigenvalue weighted by Gasteiger charge is 2.25. The molecule has 0 unspecified atom stereocenters. The zero-order valence-electron chi connectivity index (χ0n) is 11.1. The maximum Gasteiger partial charge on any atom is 0.230 e. The van der Waals surface area contributed by atoms with Gasteiger partial charge in [0.1, 0.15) is 0 Å². The average Bonchev–Trinajstić information content (AvgIpc) is 2.40. The molecule has 2 rings (SSSR count). The van der Waals surface area contributed by atoms with Crippen LogP contribution in [0.4, 0.5) is 11.4 Å². The fourth-order valence-corrected chi connectivity index (χ4v) is 2.73. The van der Waals surface area contributed by atoms with Gasteiger partial charge in [-0.1, -0.05) is 25.3 Å². The molecule has 1 aromatic rings. The normalized spacial score (nSPS) is 16.5. The summed E-state index contributed by atoms with van der Waals surface area (Å²) in [7, 11) is 0. The topological polar surface area (TPSA) is 46.3 Å². The van der Waals surface area contributed by atoms with Gasteiger partial charge in [-0.15, -0.1) is 0 Å². The Balaban J connectivity index is 2.14. The molecule has 0 radical (unpaired) electrons. The predicted molar refractivity (Wildman–Crippen MR) is 75.5 cm³/mol. The van der Waals surface area contributed by atoms with E-state index < -0.39 is 0 Å². The maximum atomic E-state index is 12.5. The van der Waals surface area contributed by atoms with Crippen LogP contribution >= 0.6 is 0 Å². The minimum atomic E-state index is 0.208. The fourth-order valence-electron chi connectivity index (χ4n) is 2.73. The molecular weight excluding hydrogens is 224 g/mol. The quantitative estimate of drug-likeness (QED) is 0.832. The van der Waals surface area contributed by atoms with Crippen molar-refractivity contribution in [1.82, 2.24) is 0 Å². The van der Waals surface area contributed by atoms with E-state index >= 15 is 0 Å².